The second-order valence-corrected chi connectivity index (χ2v) is 5.65. The zero-order valence-electron chi connectivity index (χ0n) is 13.4. The number of hydrogen-bond acceptors (Lipinski definition) is 4. The van der Waals surface area contributed by atoms with Crippen LogP contribution in [0.1, 0.15) is 18.1 Å². The Bertz CT molecular complexity index is 745. The van der Waals surface area contributed by atoms with Gasteiger partial charge in [0, 0.05) is 6.07 Å². The maximum absolute atomic E-state index is 12.0. The van der Waals surface area contributed by atoms with Gasteiger partial charge in [-0.2, -0.15) is 0 Å². The molecule has 2 rings (SSSR count). The molecule has 126 valence electrons. The Morgan fingerprint density at radius 2 is 1.88 bits per heavy atom. The molecule has 0 bridgehead atoms. The number of hydrogen-bond donors (Lipinski definition) is 3. The fourth-order valence-corrected chi connectivity index (χ4v) is 2.27. The van der Waals surface area contributed by atoms with E-state index in [1.165, 1.54) is 12.1 Å². The maximum atomic E-state index is 12.0. The Balaban J connectivity index is 2.02. The van der Waals surface area contributed by atoms with Crippen molar-refractivity contribution >= 4 is 17.4 Å². The third kappa shape index (κ3) is 4.08. The summed E-state index contributed by atoms with van der Waals surface area (Å²) in [5.74, 6) is 0. The minimum absolute atomic E-state index is 0.00315. The minimum Gasteiger partial charge on any atom is -0.384 e. The Hall–Kier alpha value is -2.93. The lowest BCUT2D eigenvalue weighted by molar-refractivity contribution is -0.385. The molecule has 2 aromatic carbocycles. The lowest BCUT2D eigenvalue weighted by atomic mass is 9.96. The Labute approximate surface area is 139 Å². The highest BCUT2D eigenvalue weighted by Crippen LogP contribution is 2.25. The summed E-state index contributed by atoms with van der Waals surface area (Å²) >= 11 is 0. The molecule has 7 heteroatoms. The second-order valence-electron chi connectivity index (χ2n) is 5.65. The summed E-state index contributed by atoms with van der Waals surface area (Å²) in [5, 5.41) is 26.5. The van der Waals surface area contributed by atoms with Crippen LogP contribution in [0.3, 0.4) is 0 Å². The minimum atomic E-state index is -1.23. The van der Waals surface area contributed by atoms with E-state index < -0.39 is 16.6 Å². The predicted molar refractivity (Wildman–Crippen MR) is 90.9 cm³/mol. The number of anilines is 1. The number of nitro benzene ring substituents is 1. The molecule has 0 aliphatic carbocycles. The second kappa shape index (κ2) is 7.10. The van der Waals surface area contributed by atoms with Gasteiger partial charge < -0.3 is 15.7 Å². The molecule has 0 aliphatic heterocycles. The van der Waals surface area contributed by atoms with Crippen LogP contribution < -0.4 is 10.6 Å². The zero-order valence-corrected chi connectivity index (χ0v) is 13.4. The highest BCUT2D eigenvalue weighted by Gasteiger charge is 2.23. The van der Waals surface area contributed by atoms with Crippen molar-refractivity contribution in [3.63, 3.8) is 0 Å². The summed E-state index contributed by atoms with van der Waals surface area (Å²) < 4.78 is 0. The monoisotopic (exact) mass is 329 g/mol. The standard InChI is InChI=1S/C17H19N3O4/c1-12-14(9-6-10-15(12)20(23)24)19-16(21)18-11-17(2,22)13-7-4-3-5-8-13/h3-10,22H,11H2,1-2H3,(H2,18,19,21). The third-order valence-corrected chi connectivity index (χ3v) is 3.74. The topological polar surface area (TPSA) is 104 Å². The number of amides is 2. The summed E-state index contributed by atoms with van der Waals surface area (Å²) in [5.41, 5.74) is 0.102. The van der Waals surface area contributed by atoms with E-state index in [2.05, 4.69) is 10.6 Å². The average Bonchev–Trinajstić information content (AvgIpc) is 2.55. The summed E-state index contributed by atoms with van der Waals surface area (Å²) in [6.07, 6.45) is 0. The number of aliphatic hydroxyl groups is 1. The number of carbonyl (C=O) groups is 1. The van der Waals surface area contributed by atoms with Crippen LogP contribution in [0, 0.1) is 17.0 Å². The number of carbonyl (C=O) groups excluding carboxylic acids is 1. The van der Waals surface area contributed by atoms with Gasteiger partial charge in [0.2, 0.25) is 0 Å². The SMILES string of the molecule is Cc1c(NC(=O)NCC(C)(O)c2ccccc2)cccc1[N+](=O)[O-]. The van der Waals surface area contributed by atoms with Crippen molar-refractivity contribution in [1.82, 2.24) is 5.32 Å². The molecule has 1 unspecified atom stereocenters. The number of nitro groups is 1. The average molecular weight is 329 g/mol. The van der Waals surface area contributed by atoms with E-state index in [1.54, 1.807) is 44.2 Å². The molecule has 0 aliphatic rings. The lowest BCUT2D eigenvalue weighted by Crippen LogP contribution is -2.40. The first-order valence-corrected chi connectivity index (χ1v) is 7.38. The van der Waals surface area contributed by atoms with Crippen molar-refractivity contribution in [2.24, 2.45) is 0 Å². The van der Waals surface area contributed by atoms with Gasteiger partial charge in [0.1, 0.15) is 5.60 Å². The molecule has 0 saturated carbocycles. The molecule has 1 atom stereocenters. The molecule has 0 aromatic heterocycles. The fraction of sp³-hybridized carbons (Fsp3) is 0.235. The normalized spacial score (nSPS) is 13.0. The number of urea groups is 1. The van der Waals surface area contributed by atoms with Crippen LogP contribution in [0.2, 0.25) is 0 Å². The van der Waals surface area contributed by atoms with Gasteiger partial charge in [-0.3, -0.25) is 10.1 Å². The molecular weight excluding hydrogens is 310 g/mol. The van der Waals surface area contributed by atoms with Crippen molar-refractivity contribution in [1.29, 1.82) is 0 Å². The largest absolute Gasteiger partial charge is 0.384 e. The summed E-state index contributed by atoms with van der Waals surface area (Å²) in [6.45, 7) is 3.16. The Kier molecular flexibility index (Phi) is 5.15. The molecule has 0 radical (unpaired) electrons. The van der Waals surface area contributed by atoms with Crippen LogP contribution in [0.5, 0.6) is 0 Å². The van der Waals surface area contributed by atoms with Crippen molar-refractivity contribution in [2.75, 3.05) is 11.9 Å². The van der Waals surface area contributed by atoms with Gasteiger partial charge in [-0.1, -0.05) is 36.4 Å². The zero-order chi connectivity index (χ0) is 17.7. The molecule has 0 heterocycles. The quantitative estimate of drug-likeness (QED) is 0.579. The van der Waals surface area contributed by atoms with E-state index >= 15 is 0 Å². The van der Waals surface area contributed by atoms with Crippen LogP contribution in [-0.2, 0) is 5.60 Å². The van der Waals surface area contributed by atoms with E-state index in [1.807, 2.05) is 6.07 Å². The van der Waals surface area contributed by atoms with Gasteiger partial charge in [-0.25, -0.2) is 4.79 Å². The molecule has 3 N–H and O–H groups in total. The van der Waals surface area contributed by atoms with Gasteiger partial charge in [0.05, 0.1) is 22.7 Å². The molecular formula is C17H19N3O4. The van der Waals surface area contributed by atoms with Crippen LogP contribution >= 0.6 is 0 Å². The molecule has 2 aromatic rings. The molecule has 24 heavy (non-hydrogen) atoms. The van der Waals surface area contributed by atoms with Crippen LogP contribution in [0.25, 0.3) is 0 Å². The van der Waals surface area contributed by atoms with E-state index in [0.717, 1.165) is 0 Å². The van der Waals surface area contributed by atoms with Crippen LogP contribution in [-0.4, -0.2) is 22.6 Å². The Morgan fingerprint density at radius 3 is 2.50 bits per heavy atom. The van der Waals surface area contributed by atoms with E-state index in [-0.39, 0.29) is 12.2 Å². The lowest BCUT2D eigenvalue weighted by Gasteiger charge is -2.24. The van der Waals surface area contributed by atoms with Crippen molar-refractivity contribution < 1.29 is 14.8 Å². The molecule has 7 nitrogen and oxygen atoms in total. The Morgan fingerprint density at radius 1 is 1.21 bits per heavy atom. The smallest absolute Gasteiger partial charge is 0.319 e. The highest BCUT2D eigenvalue weighted by atomic mass is 16.6. The summed E-state index contributed by atoms with van der Waals surface area (Å²) in [6, 6.07) is 12.9. The highest BCUT2D eigenvalue weighted by molar-refractivity contribution is 5.90. The maximum Gasteiger partial charge on any atom is 0.319 e. The summed E-state index contributed by atoms with van der Waals surface area (Å²) in [7, 11) is 0. The number of nitrogens with zero attached hydrogens (tertiary/aromatic N) is 1. The van der Waals surface area contributed by atoms with Crippen molar-refractivity contribution in [3.05, 3.63) is 69.8 Å². The van der Waals surface area contributed by atoms with E-state index in [9.17, 15) is 20.0 Å². The van der Waals surface area contributed by atoms with E-state index in [4.69, 9.17) is 0 Å². The first-order valence-electron chi connectivity index (χ1n) is 7.38. The molecule has 0 fully saturated rings. The summed E-state index contributed by atoms with van der Waals surface area (Å²) in [4.78, 5) is 22.4. The first-order chi connectivity index (χ1) is 11.3. The molecule has 2 amide bonds. The van der Waals surface area contributed by atoms with Gasteiger partial charge in [-0.05, 0) is 25.5 Å². The fourth-order valence-electron chi connectivity index (χ4n) is 2.27. The van der Waals surface area contributed by atoms with Gasteiger partial charge in [0.15, 0.2) is 0 Å². The number of benzene rings is 2. The third-order valence-electron chi connectivity index (χ3n) is 3.74. The van der Waals surface area contributed by atoms with Crippen LogP contribution in [0.15, 0.2) is 48.5 Å². The van der Waals surface area contributed by atoms with Crippen molar-refractivity contribution in [2.45, 2.75) is 19.4 Å². The van der Waals surface area contributed by atoms with Gasteiger partial charge in [-0.15, -0.1) is 0 Å². The van der Waals surface area contributed by atoms with Gasteiger partial charge in [0.25, 0.3) is 5.69 Å². The van der Waals surface area contributed by atoms with E-state index in [0.29, 0.717) is 16.8 Å². The molecule has 0 saturated heterocycles. The van der Waals surface area contributed by atoms with Crippen LogP contribution in [0.4, 0.5) is 16.2 Å². The number of rotatable bonds is 5. The van der Waals surface area contributed by atoms with Gasteiger partial charge >= 0.3 is 6.03 Å². The predicted octanol–water partition coefficient (Wildman–Crippen LogP) is 2.93. The number of nitrogens with one attached hydrogen (secondary N) is 2. The first kappa shape index (κ1) is 17.4. The molecule has 0 spiro atoms. The van der Waals surface area contributed by atoms with Crippen molar-refractivity contribution in [3.8, 4) is 0 Å².